The summed E-state index contributed by atoms with van der Waals surface area (Å²) in [6.07, 6.45) is 3.47. The highest BCUT2D eigenvalue weighted by atomic mass is 35.5. The van der Waals surface area contributed by atoms with Crippen molar-refractivity contribution >= 4 is 23.5 Å². The number of halogens is 1. The van der Waals surface area contributed by atoms with E-state index in [1.165, 1.54) is 7.11 Å². The number of carbonyl (C=O) groups excluding carboxylic acids is 1. The molecule has 1 N–H and O–H groups in total. The standard InChI is InChI=1S/C22H29ClN4O4/c1-4-30-18-12-15(13-19(20(18)23)31-5-2)14-27(16-6-9-24-10-7-16)22-25-11-8-17(26-22)21(28)29-3/h8,11-13,16,24H,4-7,9-10,14H2,1-3H3. The summed E-state index contributed by atoms with van der Waals surface area (Å²) in [7, 11) is 1.34. The zero-order chi connectivity index (χ0) is 22.2. The number of esters is 1. The molecule has 0 amide bonds. The van der Waals surface area contributed by atoms with Crippen molar-refractivity contribution in [3.05, 3.63) is 40.7 Å². The summed E-state index contributed by atoms with van der Waals surface area (Å²) in [6, 6.07) is 5.62. The van der Waals surface area contributed by atoms with Crippen LogP contribution in [-0.4, -0.2) is 55.4 Å². The number of ether oxygens (including phenoxy) is 3. The van der Waals surface area contributed by atoms with Gasteiger partial charge in [0, 0.05) is 18.8 Å². The average Bonchev–Trinajstić information content (AvgIpc) is 2.80. The second kappa shape index (κ2) is 11.2. The molecular weight excluding hydrogens is 420 g/mol. The fourth-order valence-corrected chi connectivity index (χ4v) is 3.84. The van der Waals surface area contributed by atoms with Crippen molar-refractivity contribution in [1.82, 2.24) is 15.3 Å². The highest BCUT2D eigenvalue weighted by Crippen LogP contribution is 2.36. The predicted molar refractivity (Wildman–Crippen MR) is 119 cm³/mol. The molecule has 3 rings (SSSR count). The van der Waals surface area contributed by atoms with Crippen LogP contribution < -0.4 is 19.7 Å². The van der Waals surface area contributed by atoms with E-state index in [-0.39, 0.29) is 11.7 Å². The van der Waals surface area contributed by atoms with E-state index in [1.54, 1.807) is 12.3 Å². The molecule has 0 bridgehead atoms. The first-order valence-electron chi connectivity index (χ1n) is 10.5. The molecule has 1 fully saturated rings. The van der Waals surface area contributed by atoms with Gasteiger partial charge in [0.1, 0.15) is 16.5 Å². The summed E-state index contributed by atoms with van der Waals surface area (Å²) >= 11 is 6.46. The first kappa shape index (κ1) is 23.1. The fraction of sp³-hybridized carbons (Fsp3) is 0.500. The molecule has 1 aliphatic rings. The van der Waals surface area contributed by atoms with Crippen LogP contribution in [0.3, 0.4) is 0 Å². The summed E-state index contributed by atoms with van der Waals surface area (Å²) in [6.45, 7) is 7.16. The lowest BCUT2D eigenvalue weighted by molar-refractivity contribution is 0.0594. The van der Waals surface area contributed by atoms with Gasteiger partial charge in [-0.2, -0.15) is 0 Å². The summed E-state index contributed by atoms with van der Waals surface area (Å²) in [5, 5.41) is 3.85. The maximum absolute atomic E-state index is 12.0. The van der Waals surface area contributed by atoms with Crippen molar-refractivity contribution in [3.63, 3.8) is 0 Å². The molecule has 0 radical (unpaired) electrons. The van der Waals surface area contributed by atoms with Gasteiger partial charge >= 0.3 is 5.97 Å². The zero-order valence-corrected chi connectivity index (χ0v) is 18.9. The smallest absolute Gasteiger partial charge is 0.356 e. The molecule has 1 aromatic carbocycles. The van der Waals surface area contributed by atoms with Gasteiger partial charge in [-0.15, -0.1) is 0 Å². The Balaban J connectivity index is 1.98. The van der Waals surface area contributed by atoms with Gasteiger partial charge in [-0.25, -0.2) is 14.8 Å². The van der Waals surface area contributed by atoms with E-state index < -0.39 is 5.97 Å². The van der Waals surface area contributed by atoms with Gasteiger partial charge in [-0.1, -0.05) is 11.6 Å². The lowest BCUT2D eigenvalue weighted by Crippen LogP contribution is -2.43. The van der Waals surface area contributed by atoms with Gasteiger partial charge in [-0.05, 0) is 63.5 Å². The largest absolute Gasteiger partial charge is 0.492 e. The number of hydrogen-bond acceptors (Lipinski definition) is 8. The van der Waals surface area contributed by atoms with Gasteiger partial charge in [0.05, 0.1) is 20.3 Å². The van der Waals surface area contributed by atoms with Crippen LogP contribution in [0.5, 0.6) is 11.5 Å². The van der Waals surface area contributed by atoms with Crippen molar-refractivity contribution in [2.24, 2.45) is 0 Å². The summed E-state index contributed by atoms with van der Waals surface area (Å²) in [5.74, 6) is 1.16. The Bertz CT molecular complexity index is 863. The second-order valence-electron chi connectivity index (χ2n) is 7.11. The van der Waals surface area contributed by atoms with Crippen LogP contribution >= 0.6 is 11.6 Å². The number of aromatic nitrogens is 2. The molecule has 31 heavy (non-hydrogen) atoms. The van der Waals surface area contributed by atoms with Crippen LogP contribution in [0.1, 0.15) is 42.7 Å². The van der Waals surface area contributed by atoms with Crippen LogP contribution in [0, 0.1) is 0 Å². The number of carbonyl (C=O) groups is 1. The minimum atomic E-state index is -0.488. The van der Waals surface area contributed by atoms with E-state index in [2.05, 4.69) is 20.2 Å². The number of piperidine rings is 1. The number of nitrogens with zero attached hydrogens (tertiary/aromatic N) is 3. The molecule has 8 nitrogen and oxygen atoms in total. The van der Waals surface area contributed by atoms with Crippen LogP contribution in [0.2, 0.25) is 5.02 Å². The Labute approximate surface area is 187 Å². The van der Waals surface area contributed by atoms with Gasteiger partial charge < -0.3 is 24.4 Å². The monoisotopic (exact) mass is 448 g/mol. The summed E-state index contributed by atoms with van der Waals surface area (Å²) in [4.78, 5) is 23.1. The van der Waals surface area contributed by atoms with Crippen molar-refractivity contribution in [2.75, 3.05) is 38.3 Å². The Morgan fingerprint density at radius 1 is 1.19 bits per heavy atom. The maximum Gasteiger partial charge on any atom is 0.356 e. The molecule has 168 valence electrons. The lowest BCUT2D eigenvalue weighted by Gasteiger charge is -2.35. The van der Waals surface area contributed by atoms with E-state index in [1.807, 2.05) is 26.0 Å². The van der Waals surface area contributed by atoms with Crippen LogP contribution in [0.4, 0.5) is 5.95 Å². The molecule has 1 aliphatic heterocycles. The predicted octanol–water partition coefficient (Wildman–Crippen LogP) is 3.47. The van der Waals surface area contributed by atoms with E-state index in [0.29, 0.717) is 42.2 Å². The van der Waals surface area contributed by atoms with Gasteiger partial charge in [0.2, 0.25) is 5.95 Å². The van der Waals surface area contributed by atoms with Gasteiger partial charge in [0.25, 0.3) is 0 Å². The third-order valence-corrected chi connectivity index (χ3v) is 5.43. The first-order chi connectivity index (χ1) is 15.1. The number of methoxy groups -OCH3 is 1. The first-order valence-corrected chi connectivity index (χ1v) is 10.9. The Morgan fingerprint density at radius 2 is 1.84 bits per heavy atom. The maximum atomic E-state index is 12.0. The summed E-state index contributed by atoms with van der Waals surface area (Å²) < 4.78 is 16.3. The third kappa shape index (κ3) is 5.77. The topological polar surface area (TPSA) is 85.8 Å². The number of hydrogen-bond donors (Lipinski definition) is 1. The van der Waals surface area contributed by atoms with Gasteiger partial charge in [0.15, 0.2) is 5.69 Å². The van der Waals surface area contributed by atoms with Crippen molar-refractivity contribution in [1.29, 1.82) is 0 Å². The fourth-order valence-electron chi connectivity index (χ4n) is 3.62. The molecule has 1 aromatic heterocycles. The quantitative estimate of drug-likeness (QED) is 0.583. The van der Waals surface area contributed by atoms with Crippen LogP contribution in [0.25, 0.3) is 0 Å². The van der Waals surface area contributed by atoms with Crippen molar-refractivity contribution in [2.45, 2.75) is 39.3 Å². The molecule has 0 aliphatic carbocycles. The van der Waals surface area contributed by atoms with E-state index in [4.69, 9.17) is 25.8 Å². The third-order valence-electron chi connectivity index (χ3n) is 5.06. The molecule has 0 saturated carbocycles. The zero-order valence-electron chi connectivity index (χ0n) is 18.2. The minimum Gasteiger partial charge on any atom is -0.492 e. The Morgan fingerprint density at radius 3 is 2.42 bits per heavy atom. The molecule has 1 saturated heterocycles. The van der Waals surface area contributed by atoms with Gasteiger partial charge in [-0.3, -0.25) is 0 Å². The normalized spacial score (nSPS) is 14.2. The molecule has 9 heteroatoms. The van der Waals surface area contributed by atoms with E-state index >= 15 is 0 Å². The summed E-state index contributed by atoms with van der Waals surface area (Å²) in [5.41, 5.74) is 1.19. The highest BCUT2D eigenvalue weighted by molar-refractivity contribution is 6.33. The van der Waals surface area contributed by atoms with E-state index in [9.17, 15) is 4.79 Å². The molecule has 2 aromatic rings. The lowest BCUT2D eigenvalue weighted by atomic mass is 10.0. The minimum absolute atomic E-state index is 0.218. The SMILES string of the molecule is CCOc1cc(CN(c2nccc(C(=O)OC)n2)C2CCNCC2)cc(OCC)c1Cl. The van der Waals surface area contributed by atoms with Crippen molar-refractivity contribution in [3.8, 4) is 11.5 Å². The Hall–Kier alpha value is -2.58. The number of benzene rings is 1. The van der Waals surface area contributed by atoms with Crippen LogP contribution in [0.15, 0.2) is 24.4 Å². The molecule has 0 spiro atoms. The molecule has 0 unspecified atom stereocenters. The molecular formula is C22H29ClN4O4. The second-order valence-corrected chi connectivity index (χ2v) is 7.49. The van der Waals surface area contributed by atoms with E-state index in [0.717, 1.165) is 31.5 Å². The number of anilines is 1. The molecule has 0 atom stereocenters. The average molecular weight is 449 g/mol. The number of nitrogens with one attached hydrogen (secondary N) is 1. The molecule has 2 heterocycles. The van der Waals surface area contributed by atoms with Crippen molar-refractivity contribution < 1.29 is 19.0 Å². The van der Waals surface area contributed by atoms with Crippen LogP contribution in [-0.2, 0) is 11.3 Å². The highest BCUT2D eigenvalue weighted by Gasteiger charge is 2.25. The Kier molecular flexibility index (Phi) is 8.31. The number of rotatable bonds is 9.